The summed E-state index contributed by atoms with van der Waals surface area (Å²) in [4.78, 5) is 0. The van der Waals surface area contributed by atoms with E-state index in [1.807, 2.05) is 0 Å². The second-order valence-corrected chi connectivity index (χ2v) is 4.36. The van der Waals surface area contributed by atoms with Gasteiger partial charge >= 0.3 is 0 Å². The predicted octanol–water partition coefficient (Wildman–Crippen LogP) is 1.48. The first-order valence-corrected chi connectivity index (χ1v) is 5.94. The molecule has 0 amide bonds. The molecule has 1 aliphatic rings. The van der Waals surface area contributed by atoms with Gasteiger partial charge in [-0.1, -0.05) is 18.2 Å². The van der Waals surface area contributed by atoms with Gasteiger partial charge in [0.05, 0.1) is 5.52 Å². The Hall–Kier alpha value is -1.48. The molecule has 3 nitrogen and oxygen atoms in total. The second kappa shape index (κ2) is 3.83. The summed E-state index contributed by atoms with van der Waals surface area (Å²) in [5.74, 6) is 0. The van der Waals surface area contributed by atoms with E-state index >= 15 is 0 Å². The van der Waals surface area contributed by atoms with E-state index in [1.165, 1.54) is 36.0 Å². The number of aromatic nitrogens is 1. The largest absolute Gasteiger partial charge is 0.330 e. The molecular formula is C13H17N3. The summed E-state index contributed by atoms with van der Waals surface area (Å²) in [6, 6.07) is 8.58. The molecule has 1 aromatic carbocycles. The lowest BCUT2D eigenvalue weighted by Crippen LogP contribution is -2.45. The van der Waals surface area contributed by atoms with E-state index in [1.54, 1.807) is 0 Å². The standard InChI is InChI=1S/C13H17N3/c14-7-6-11-10-16(15-8-3-9-15)13-5-2-1-4-12(11)13/h1-2,4-5,10H,3,6-9,14H2. The summed E-state index contributed by atoms with van der Waals surface area (Å²) >= 11 is 0. The van der Waals surface area contributed by atoms with Crippen LogP contribution in [0.15, 0.2) is 30.5 Å². The van der Waals surface area contributed by atoms with Crippen molar-refractivity contribution in [1.29, 1.82) is 0 Å². The molecule has 1 saturated heterocycles. The lowest BCUT2D eigenvalue weighted by atomic mass is 10.1. The SMILES string of the molecule is NCCc1cn(N2CCC2)c2ccccc12. The zero-order valence-corrected chi connectivity index (χ0v) is 9.39. The number of rotatable bonds is 3. The summed E-state index contributed by atoms with van der Waals surface area (Å²) in [6.07, 6.45) is 4.51. The number of nitrogens with two attached hydrogens (primary N) is 1. The second-order valence-electron chi connectivity index (χ2n) is 4.36. The van der Waals surface area contributed by atoms with Crippen molar-refractivity contribution >= 4 is 10.9 Å². The molecule has 0 saturated carbocycles. The van der Waals surface area contributed by atoms with Gasteiger partial charge in [0.2, 0.25) is 0 Å². The fraction of sp³-hybridized carbons (Fsp3) is 0.385. The molecule has 0 unspecified atom stereocenters. The fourth-order valence-electron chi connectivity index (χ4n) is 2.34. The maximum Gasteiger partial charge on any atom is 0.0697 e. The van der Waals surface area contributed by atoms with Gasteiger partial charge in [0.15, 0.2) is 0 Å². The third-order valence-corrected chi connectivity index (χ3v) is 3.33. The lowest BCUT2D eigenvalue weighted by Gasteiger charge is -2.34. The van der Waals surface area contributed by atoms with Crippen molar-refractivity contribution in [2.24, 2.45) is 5.73 Å². The lowest BCUT2D eigenvalue weighted by molar-refractivity contribution is 0.481. The predicted molar refractivity (Wildman–Crippen MR) is 67.3 cm³/mol. The zero-order valence-electron chi connectivity index (χ0n) is 9.39. The van der Waals surface area contributed by atoms with E-state index in [0.717, 1.165) is 6.42 Å². The zero-order chi connectivity index (χ0) is 11.0. The van der Waals surface area contributed by atoms with E-state index in [9.17, 15) is 0 Å². The number of benzene rings is 1. The molecule has 1 fully saturated rings. The molecule has 3 heteroatoms. The summed E-state index contributed by atoms with van der Waals surface area (Å²) in [6.45, 7) is 3.05. The van der Waals surface area contributed by atoms with Gasteiger partial charge in [0.25, 0.3) is 0 Å². The topological polar surface area (TPSA) is 34.2 Å². The molecule has 2 aromatic rings. The van der Waals surface area contributed by atoms with E-state index in [2.05, 4.69) is 40.1 Å². The third-order valence-electron chi connectivity index (χ3n) is 3.33. The van der Waals surface area contributed by atoms with Gasteiger partial charge < -0.3 is 10.7 Å². The molecule has 0 spiro atoms. The van der Waals surface area contributed by atoms with Crippen molar-refractivity contribution in [3.8, 4) is 0 Å². The highest BCUT2D eigenvalue weighted by molar-refractivity contribution is 5.84. The number of hydrogen-bond donors (Lipinski definition) is 1. The minimum absolute atomic E-state index is 0.716. The highest BCUT2D eigenvalue weighted by Crippen LogP contribution is 2.23. The Morgan fingerprint density at radius 1 is 1.19 bits per heavy atom. The van der Waals surface area contributed by atoms with Crippen LogP contribution in [0.3, 0.4) is 0 Å². The van der Waals surface area contributed by atoms with Gasteiger partial charge in [-0.3, -0.25) is 4.68 Å². The van der Waals surface area contributed by atoms with Crippen LogP contribution in [0.25, 0.3) is 10.9 Å². The number of nitrogens with zero attached hydrogens (tertiary/aromatic N) is 2. The molecular weight excluding hydrogens is 198 g/mol. The van der Waals surface area contributed by atoms with Crippen LogP contribution in [0.5, 0.6) is 0 Å². The van der Waals surface area contributed by atoms with Crippen LogP contribution >= 0.6 is 0 Å². The van der Waals surface area contributed by atoms with Gasteiger partial charge in [-0.05, 0) is 31.0 Å². The molecule has 2 N–H and O–H groups in total. The fourth-order valence-corrected chi connectivity index (χ4v) is 2.34. The number of fused-ring (bicyclic) bond motifs is 1. The first-order valence-electron chi connectivity index (χ1n) is 5.94. The van der Waals surface area contributed by atoms with Crippen molar-refractivity contribution in [2.75, 3.05) is 24.6 Å². The van der Waals surface area contributed by atoms with Crippen molar-refractivity contribution in [3.05, 3.63) is 36.0 Å². The summed E-state index contributed by atoms with van der Waals surface area (Å²) < 4.78 is 2.30. The first-order chi connectivity index (χ1) is 7.90. The van der Waals surface area contributed by atoms with Crippen molar-refractivity contribution in [3.63, 3.8) is 0 Å². The van der Waals surface area contributed by atoms with Crippen molar-refractivity contribution in [1.82, 2.24) is 4.68 Å². The molecule has 3 rings (SSSR count). The van der Waals surface area contributed by atoms with Crippen molar-refractivity contribution < 1.29 is 0 Å². The van der Waals surface area contributed by atoms with Crippen LogP contribution in [-0.2, 0) is 6.42 Å². The highest BCUT2D eigenvalue weighted by Gasteiger charge is 2.17. The Morgan fingerprint density at radius 3 is 2.69 bits per heavy atom. The number of hydrogen-bond acceptors (Lipinski definition) is 2. The maximum atomic E-state index is 5.66. The first kappa shape index (κ1) is 9.73. The van der Waals surface area contributed by atoms with Crippen molar-refractivity contribution in [2.45, 2.75) is 12.8 Å². The van der Waals surface area contributed by atoms with Crippen LogP contribution < -0.4 is 10.7 Å². The highest BCUT2D eigenvalue weighted by atomic mass is 15.6. The quantitative estimate of drug-likeness (QED) is 0.841. The molecule has 1 aromatic heterocycles. The summed E-state index contributed by atoms with van der Waals surface area (Å²) in [7, 11) is 0. The Kier molecular flexibility index (Phi) is 2.33. The molecule has 1 aliphatic heterocycles. The van der Waals surface area contributed by atoms with Gasteiger partial charge in [-0.25, -0.2) is 0 Å². The summed E-state index contributed by atoms with van der Waals surface area (Å²) in [5.41, 5.74) is 8.34. The molecule has 84 valence electrons. The smallest absolute Gasteiger partial charge is 0.0697 e. The van der Waals surface area contributed by atoms with Crippen LogP contribution in [-0.4, -0.2) is 24.3 Å². The molecule has 2 heterocycles. The monoisotopic (exact) mass is 215 g/mol. The van der Waals surface area contributed by atoms with Gasteiger partial charge in [0.1, 0.15) is 0 Å². The Labute approximate surface area is 95.4 Å². The summed E-state index contributed by atoms with van der Waals surface area (Å²) in [5, 5.41) is 3.72. The van der Waals surface area contributed by atoms with E-state index in [-0.39, 0.29) is 0 Å². The molecule has 0 atom stereocenters. The minimum atomic E-state index is 0.716. The average Bonchev–Trinajstić information content (AvgIpc) is 2.57. The van der Waals surface area contributed by atoms with Crippen LogP contribution in [0.1, 0.15) is 12.0 Å². The minimum Gasteiger partial charge on any atom is -0.330 e. The number of para-hydroxylation sites is 1. The maximum absolute atomic E-state index is 5.66. The normalized spacial score (nSPS) is 15.4. The molecule has 0 aliphatic carbocycles. The van der Waals surface area contributed by atoms with Gasteiger partial charge in [-0.15, -0.1) is 0 Å². The van der Waals surface area contributed by atoms with E-state index < -0.39 is 0 Å². The Morgan fingerprint density at radius 2 is 2.00 bits per heavy atom. The molecule has 0 bridgehead atoms. The molecule has 16 heavy (non-hydrogen) atoms. The van der Waals surface area contributed by atoms with E-state index in [4.69, 9.17) is 5.73 Å². The molecule has 0 radical (unpaired) electrons. The average molecular weight is 215 g/mol. The van der Waals surface area contributed by atoms with Gasteiger partial charge in [0, 0.05) is 24.7 Å². The van der Waals surface area contributed by atoms with E-state index in [0.29, 0.717) is 6.54 Å². The van der Waals surface area contributed by atoms with Gasteiger partial charge in [-0.2, -0.15) is 0 Å². The van der Waals surface area contributed by atoms with Crippen LogP contribution in [0, 0.1) is 0 Å². The third kappa shape index (κ3) is 1.39. The van der Waals surface area contributed by atoms with Crippen LogP contribution in [0.2, 0.25) is 0 Å². The Bertz CT molecular complexity index is 497. The van der Waals surface area contributed by atoms with Crippen LogP contribution in [0.4, 0.5) is 0 Å². The Balaban J connectivity index is 2.12.